The second-order valence-corrected chi connectivity index (χ2v) is 3.86. The lowest BCUT2D eigenvalue weighted by atomic mass is 10.1. The fourth-order valence-corrected chi connectivity index (χ4v) is 1.65. The van der Waals surface area contributed by atoms with Crippen molar-refractivity contribution in [1.29, 1.82) is 0 Å². The minimum absolute atomic E-state index is 0.0512. The third-order valence-corrected chi connectivity index (χ3v) is 2.48. The van der Waals surface area contributed by atoms with Gasteiger partial charge in [-0.2, -0.15) is 0 Å². The van der Waals surface area contributed by atoms with Crippen LogP contribution in [0.1, 0.15) is 5.56 Å². The van der Waals surface area contributed by atoms with E-state index in [-0.39, 0.29) is 12.2 Å². The molecule has 0 aliphatic rings. The van der Waals surface area contributed by atoms with Gasteiger partial charge in [-0.25, -0.2) is 4.39 Å². The van der Waals surface area contributed by atoms with Crippen molar-refractivity contribution in [1.82, 2.24) is 0 Å². The molecule has 0 saturated heterocycles. The molecule has 0 radical (unpaired) electrons. The summed E-state index contributed by atoms with van der Waals surface area (Å²) in [4.78, 5) is 10.7. The number of hydrogen-bond acceptors (Lipinski definition) is 2. The Morgan fingerprint density at radius 3 is 2.44 bits per heavy atom. The van der Waals surface area contributed by atoms with Gasteiger partial charge in [-0.1, -0.05) is 18.2 Å². The molecule has 0 aliphatic heterocycles. The lowest BCUT2D eigenvalue weighted by Crippen LogP contribution is -2.03. The number of rotatable bonds is 4. The summed E-state index contributed by atoms with van der Waals surface area (Å²) in [7, 11) is 0. The molecule has 0 aromatic heterocycles. The van der Waals surface area contributed by atoms with Crippen molar-refractivity contribution < 1.29 is 14.3 Å². The van der Waals surface area contributed by atoms with Crippen LogP contribution >= 0.6 is 0 Å². The highest BCUT2D eigenvalue weighted by atomic mass is 19.1. The molecule has 0 atom stereocenters. The average Bonchev–Trinajstić information content (AvgIpc) is 2.34. The molecule has 3 nitrogen and oxygen atoms in total. The molecule has 0 fully saturated rings. The van der Waals surface area contributed by atoms with Crippen molar-refractivity contribution in [3.8, 4) is 0 Å². The number of nitrogens with one attached hydrogen (secondary N) is 1. The largest absolute Gasteiger partial charge is 0.481 e. The van der Waals surface area contributed by atoms with Crippen LogP contribution in [0.15, 0.2) is 48.5 Å². The van der Waals surface area contributed by atoms with E-state index in [1.807, 2.05) is 6.07 Å². The number of carbonyl (C=O) groups is 1. The zero-order valence-electron chi connectivity index (χ0n) is 9.56. The van der Waals surface area contributed by atoms with E-state index in [1.54, 1.807) is 30.3 Å². The van der Waals surface area contributed by atoms with E-state index in [4.69, 9.17) is 5.11 Å². The Hall–Kier alpha value is -2.36. The van der Waals surface area contributed by atoms with Crippen LogP contribution in [0, 0.1) is 5.82 Å². The van der Waals surface area contributed by atoms with Gasteiger partial charge in [0.25, 0.3) is 0 Å². The molecule has 0 spiro atoms. The fraction of sp³-hybridized carbons (Fsp3) is 0.0714. The quantitative estimate of drug-likeness (QED) is 0.869. The van der Waals surface area contributed by atoms with E-state index in [0.717, 1.165) is 0 Å². The highest BCUT2D eigenvalue weighted by Crippen LogP contribution is 2.21. The van der Waals surface area contributed by atoms with Crippen molar-refractivity contribution in [3.63, 3.8) is 0 Å². The van der Waals surface area contributed by atoms with Crippen LogP contribution in [-0.4, -0.2) is 11.1 Å². The normalized spacial score (nSPS) is 10.1. The maximum atomic E-state index is 12.8. The first-order chi connectivity index (χ1) is 8.65. The van der Waals surface area contributed by atoms with E-state index in [0.29, 0.717) is 16.9 Å². The lowest BCUT2D eigenvalue weighted by Gasteiger charge is -2.10. The van der Waals surface area contributed by atoms with E-state index >= 15 is 0 Å². The third-order valence-electron chi connectivity index (χ3n) is 2.48. The van der Waals surface area contributed by atoms with Crippen LogP contribution in [0.3, 0.4) is 0 Å². The molecule has 0 bridgehead atoms. The summed E-state index contributed by atoms with van der Waals surface area (Å²) in [5, 5.41) is 11.9. The van der Waals surface area contributed by atoms with E-state index < -0.39 is 5.97 Å². The second kappa shape index (κ2) is 5.31. The summed E-state index contributed by atoms with van der Waals surface area (Å²) >= 11 is 0. The van der Waals surface area contributed by atoms with Gasteiger partial charge >= 0.3 is 5.97 Å². The molecule has 0 saturated carbocycles. The number of hydrogen-bond donors (Lipinski definition) is 2. The third kappa shape index (κ3) is 3.07. The topological polar surface area (TPSA) is 49.3 Å². The summed E-state index contributed by atoms with van der Waals surface area (Å²) in [5.74, 6) is -1.19. The number of carboxylic acid groups (broad SMARTS) is 1. The average molecular weight is 245 g/mol. The maximum Gasteiger partial charge on any atom is 0.307 e. The Morgan fingerprint density at radius 2 is 1.78 bits per heavy atom. The first-order valence-corrected chi connectivity index (χ1v) is 5.47. The van der Waals surface area contributed by atoms with Crippen LogP contribution in [0.4, 0.5) is 15.8 Å². The number of para-hydroxylation sites is 1. The van der Waals surface area contributed by atoms with Crippen LogP contribution < -0.4 is 5.32 Å². The Balaban J connectivity index is 2.23. The zero-order valence-corrected chi connectivity index (χ0v) is 9.56. The molecular weight excluding hydrogens is 233 g/mol. The first-order valence-electron chi connectivity index (χ1n) is 5.47. The van der Waals surface area contributed by atoms with Gasteiger partial charge in [-0.3, -0.25) is 4.79 Å². The van der Waals surface area contributed by atoms with Crippen LogP contribution in [0.25, 0.3) is 0 Å². The van der Waals surface area contributed by atoms with E-state index in [1.165, 1.54) is 12.1 Å². The standard InChI is InChI=1S/C14H12FNO2/c15-11-5-7-12(8-6-11)16-13-4-2-1-3-10(13)9-14(17)18/h1-8,16H,9H2,(H,17,18). The predicted octanol–water partition coefficient (Wildman–Crippen LogP) is 3.20. The van der Waals surface area contributed by atoms with Crippen LogP contribution in [-0.2, 0) is 11.2 Å². The molecule has 18 heavy (non-hydrogen) atoms. The molecule has 0 aliphatic carbocycles. The molecule has 2 rings (SSSR count). The van der Waals surface area contributed by atoms with Gasteiger partial charge in [0.15, 0.2) is 0 Å². The van der Waals surface area contributed by atoms with Gasteiger partial charge in [0.05, 0.1) is 6.42 Å². The highest BCUT2D eigenvalue weighted by molar-refractivity contribution is 5.75. The number of anilines is 2. The molecule has 0 amide bonds. The number of benzene rings is 2. The highest BCUT2D eigenvalue weighted by Gasteiger charge is 2.06. The minimum Gasteiger partial charge on any atom is -0.481 e. The van der Waals surface area contributed by atoms with Gasteiger partial charge in [0, 0.05) is 11.4 Å². The van der Waals surface area contributed by atoms with Gasteiger partial charge in [-0.05, 0) is 35.9 Å². The van der Waals surface area contributed by atoms with Crippen molar-refractivity contribution in [3.05, 3.63) is 59.9 Å². The van der Waals surface area contributed by atoms with Crippen molar-refractivity contribution in [2.45, 2.75) is 6.42 Å². The molecule has 92 valence electrons. The molecule has 0 heterocycles. The Labute approximate surface area is 104 Å². The smallest absolute Gasteiger partial charge is 0.307 e. The minimum atomic E-state index is -0.886. The van der Waals surface area contributed by atoms with Gasteiger partial charge in [0.1, 0.15) is 5.82 Å². The van der Waals surface area contributed by atoms with Crippen molar-refractivity contribution in [2.24, 2.45) is 0 Å². The summed E-state index contributed by atoms with van der Waals surface area (Å²) < 4.78 is 12.8. The van der Waals surface area contributed by atoms with Gasteiger partial charge in [0.2, 0.25) is 0 Å². The zero-order chi connectivity index (χ0) is 13.0. The summed E-state index contributed by atoms with van der Waals surface area (Å²) in [6, 6.07) is 13.1. The summed E-state index contributed by atoms with van der Waals surface area (Å²) in [6.07, 6.45) is -0.0512. The molecular formula is C14H12FNO2. The molecule has 2 aromatic carbocycles. The molecule has 4 heteroatoms. The van der Waals surface area contributed by atoms with Crippen molar-refractivity contribution in [2.75, 3.05) is 5.32 Å². The maximum absolute atomic E-state index is 12.8. The lowest BCUT2D eigenvalue weighted by molar-refractivity contribution is -0.136. The van der Waals surface area contributed by atoms with Crippen LogP contribution in [0.5, 0.6) is 0 Å². The monoisotopic (exact) mass is 245 g/mol. The second-order valence-electron chi connectivity index (χ2n) is 3.86. The summed E-state index contributed by atoms with van der Waals surface area (Å²) in [5.41, 5.74) is 2.12. The molecule has 2 aromatic rings. The van der Waals surface area contributed by atoms with Crippen LogP contribution in [0.2, 0.25) is 0 Å². The fourth-order valence-electron chi connectivity index (χ4n) is 1.65. The Kier molecular flexibility index (Phi) is 3.57. The Morgan fingerprint density at radius 1 is 1.11 bits per heavy atom. The van der Waals surface area contributed by atoms with Gasteiger partial charge < -0.3 is 10.4 Å². The van der Waals surface area contributed by atoms with Crippen molar-refractivity contribution >= 4 is 17.3 Å². The SMILES string of the molecule is O=C(O)Cc1ccccc1Nc1ccc(F)cc1. The van der Waals surface area contributed by atoms with E-state index in [2.05, 4.69) is 5.32 Å². The number of halogens is 1. The van der Waals surface area contributed by atoms with E-state index in [9.17, 15) is 9.18 Å². The van der Waals surface area contributed by atoms with Gasteiger partial charge in [-0.15, -0.1) is 0 Å². The molecule has 2 N–H and O–H groups in total. The summed E-state index contributed by atoms with van der Waals surface area (Å²) in [6.45, 7) is 0. The first kappa shape index (κ1) is 12.1. The molecule has 0 unspecified atom stereocenters. The number of aliphatic carboxylic acids is 1. The Bertz CT molecular complexity index is 552. The number of carboxylic acids is 1. The predicted molar refractivity (Wildman–Crippen MR) is 67.5 cm³/mol.